The highest BCUT2D eigenvalue weighted by Crippen LogP contribution is 2.59. The lowest BCUT2D eigenvalue weighted by Crippen LogP contribution is -2.55. The summed E-state index contributed by atoms with van der Waals surface area (Å²) in [4.78, 5) is 59.9. The number of carbonyl (C=O) groups excluding carboxylic acids is 4. The van der Waals surface area contributed by atoms with Crippen LogP contribution in [0.1, 0.15) is 35.2 Å². The summed E-state index contributed by atoms with van der Waals surface area (Å²) in [5.74, 6) is -3.88. The lowest BCUT2D eigenvalue weighted by atomic mass is 9.75. The molecule has 0 N–H and O–H groups in total. The van der Waals surface area contributed by atoms with Crippen molar-refractivity contribution in [2.24, 2.45) is 11.8 Å². The molecule has 3 aliphatic heterocycles. The van der Waals surface area contributed by atoms with E-state index in [1.54, 1.807) is 49.4 Å². The molecule has 3 aromatic rings. The number of imide groups is 2. The molecule has 0 radical (unpaired) electrons. The number of aryl methyl sites for hydroxylation is 1. The Morgan fingerprint density at radius 1 is 0.829 bits per heavy atom. The normalized spacial score (nSPS) is 25.8. The van der Waals surface area contributed by atoms with E-state index < -0.39 is 58.9 Å². The molecule has 3 saturated heterocycles. The number of hydrogen-bond acceptors (Lipinski definition) is 4. The van der Waals surface area contributed by atoms with Crippen molar-refractivity contribution in [3.63, 3.8) is 0 Å². The topological polar surface area (TPSA) is 78.0 Å². The maximum Gasteiger partial charge on any atom is 0.416 e. The number of likely N-dealkylation sites (tertiary alicyclic amines) is 1. The predicted octanol–water partition coefficient (Wildman–Crippen LogP) is 5.14. The summed E-state index contributed by atoms with van der Waals surface area (Å²) in [5, 5.41) is 0. The quantitative estimate of drug-likeness (QED) is 0.319. The fourth-order valence-electron chi connectivity index (χ4n) is 6.68. The smallest absolute Gasteiger partial charge is 0.300 e. The second-order valence-corrected chi connectivity index (χ2v) is 10.7. The third-order valence-corrected chi connectivity index (χ3v) is 8.48. The molecule has 0 spiro atoms. The SMILES string of the molecule is CCN1C(=O)[C@H]2[C@@H](c3ccc(C)cc3)N3C(=O)N(c4ccc(C(F)(F)F)cc4)C(=O)[C@@]3(Cc3ccccc3)[C@H]2C1=O. The minimum absolute atomic E-state index is 0.0434. The summed E-state index contributed by atoms with van der Waals surface area (Å²) >= 11 is 0. The van der Waals surface area contributed by atoms with Crippen molar-refractivity contribution in [3.8, 4) is 0 Å². The van der Waals surface area contributed by atoms with Crippen LogP contribution in [-0.2, 0) is 27.0 Å². The maximum absolute atomic E-state index is 14.6. The number of nitrogens with zero attached hydrogens (tertiary/aromatic N) is 3. The lowest BCUT2D eigenvalue weighted by molar-refractivity contribution is -0.144. The first-order valence-corrected chi connectivity index (χ1v) is 13.3. The summed E-state index contributed by atoms with van der Waals surface area (Å²) in [6.45, 7) is 3.67. The molecule has 41 heavy (non-hydrogen) atoms. The molecule has 210 valence electrons. The Hall–Kier alpha value is -4.47. The summed E-state index contributed by atoms with van der Waals surface area (Å²) in [5.41, 5.74) is -0.525. The number of fused-ring (bicyclic) bond motifs is 3. The number of rotatable bonds is 5. The van der Waals surface area contributed by atoms with E-state index >= 15 is 0 Å². The Morgan fingerprint density at radius 3 is 2.05 bits per heavy atom. The molecule has 3 aromatic carbocycles. The van der Waals surface area contributed by atoms with E-state index in [0.717, 1.165) is 39.6 Å². The Kier molecular flexibility index (Phi) is 6.06. The van der Waals surface area contributed by atoms with Crippen LogP contribution < -0.4 is 4.90 Å². The summed E-state index contributed by atoms with van der Waals surface area (Å²) in [7, 11) is 0. The molecule has 3 fully saturated rings. The van der Waals surface area contributed by atoms with Crippen LogP contribution in [0.3, 0.4) is 0 Å². The first-order chi connectivity index (χ1) is 19.5. The third-order valence-electron chi connectivity index (χ3n) is 8.48. The van der Waals surface area contributed by atoms with E-state index in [0.29, 0.717) is 11.1 Å². The van der Waals surface area contributed by atoms with Gasteiger partial charge in [-0.3, -0.25) is 19.3 Å². The molecule has 5 amide bonds. The van der Waals surface area contributed by atoms with Gasteiger partial charge in [0.2, 0.25) is 11.8 Å². The van der Waals surface area contributed by atoms with Gasteiger partial charge in [-0.25, -0.2) is 9.69 Å². The molecule has 4 atom stereocenters. The standard InChI is InChI=1S/C31H26F3N3O4/c1-3-35-26(38)23-24(27(35)39)30(17-19-7-5-4-6-8-19)28(40)36(22-15-13-21(14-16-22)31(32,33)34)29(41)37(30)25(23)20-11-9-18(2)10-12-20/h4-16,23-25H,3,17H2,1-2H3/t23-,24-,25-,30-/m1/s1. The highest BCUT2D eigenvalue weighted by atomic mass is 19.4. The highest BCUT2D eigenvalue weighted by molar-refractivity contribution is 6.27. The second-order valence-electron chi connectivity index (χ2n) is 10.7. The van der Waals surface area contributed by atoms with Gasteiger partial charge >= 0.3 is 12.2 Å². The molecule has 7 nitrogen and oxygen atoms in total. The van der Waals surface area contributed by atoms with E-state index in [2.05, 4.69) is 0 Å². The zero-order valence-electron chi connectivity index (χ0n) is 22.3. The van der Waals surface area contributed by atoms with E-state index in [4.69, 9.17) is 0 Å². The Bertz CT molecular complexity index is 1560. The molecular weight excluding hydrogens is 535 g/mol. The largest absolute Gasteiger partial charge is 0.416 e. The molecule has 0 unspecified atom stereocenters. The van der Waals surface area contributed by atoms with Gasteiger partial charge in [-0.2, -0.15) is 13.2 Å². The van der Waals surface area contributed by atoms with Gasteiger partial charge in [0.1, 0.15) is 5.54 Å². The number of hydrogen-bond donors (Lipinski definition) is 0. The monoisotopic (exact) mass is 561 g/mol. The maximum atomic E-state index is 14.6. The van der Waals surface area contributed by atoms with Crippen molar-refractivity contribution in [2.75, 3.05) is 11.4 Å². The van der Waals surface area contributed by atoms with Crippen LogP contribution in [-0.4, -0.2) is 45.6 Å². The van der Waals surface area contributed by atoms with Crippen LogP contribution in [0.5, 0.6) is 0 Å². The zero-order chi connectivity index (χ0) is 29.3. The van der Waals surface area contributed by atoms with E-state index in [-0.39, 0.29) is 18.7 Å². The number of amides is 5. The Balaban J connectivity index is 1.57. The molecule has 10 heteroatoms. The fraction of sp³-hybridized carbons (Fsp3) is 0.290. The Morgan fingerprint density at radius 2 is 1.46 bits per heavy atom. The molecule has 6 rings (SSSR count). The van der Waals surface area contributed by atoms with Gasteiger partial charge in [0, 0.05) is 13.0 Å². The first kappa shape index (κ1) is 26.7. The van der Waals surface area contributed by atoms with E-state index in [9.17, 15) is 32.3 Å². The predicted molar refractivity (Wildman–Crippen MR) is 142 cm³/mol. The zero-order valence-corrected chi connectivity index (χ0v) is 22.3. The van der Waals surface area contributed by atoms with Crippen LogP contribution in [0, 0.1) is 18.8 Å². The molecule has 3 heterocycles. The molecule has 0 saturated carbocycles. The van der Waals surface area contributed by atoms with Crippen molar-refractivity contribution in [1.29, 1.82) is 0 Å². The number of alkyl halides is 3. The van der Waals surface area contributed by atoms with E-state index in [1.165, 1.54) is 4.90 Å². The van der Waals surface area contributed by atoms with Gasteiger partial charge in [-0.05, 0) is 49.2 Å². The van der Waals surface area contributed by atoms with Gasteiger partial charge in [0.15, 0.2) is 0 Å². The average Bonchev–Trinajstić information content (AvgIpc) is 3.46. The van der Waals surface area contributed by atoms with Gasteiger partial charge in [0.25, 0.3) is 5.91 Å². The van der Waals surface area contributed by atoms with Gasteiger partial charge < -0.3 is 4.90 Å². The fourth-order valence-corrected chi connectivity index (χ4v) is 6.68. The summed E-state index contributed by atoms with van der Waals surface area (Å²) in [6, 6.07) is 18.2. The number of anilines is 1. The van der Waals surface area contributed by atoms with Gasteiger partial charge in [0.05, 0.1) is 29.1 Å². The van der Waals surface area contributed by atoms with Gasteiger partial charge in [-0.1, -0.05) is 60.2 Å². The van der Waals surface area contributed by atoms with E-state index in [1.807, 2.05) is 19.1 Å². The molecule has 0 aliphatic carbocycles. The summed E-state index contributed by atoms with van der Waals surface area (Å²) in [6.07, 6.45) is -4.65. The molecule has 0 bridgehead atoms. The van der Waals surface area contributed by atoms with Crippen molar-refractivity contribution >= 4 is 29.4 Å². The number of urea groups is 1. The van der Waals surface area contributed by atoms with Gasteiger partial charge in [-0.15, -0.1) is 0 Å². The van der Waals surface area contributed by atoms with Crippen molar-refractivity contribution in [2.45, 2.75) is 38.0 Å². The van der Waals surface area contributed by atoms with Crippen LogP contribution in [0.25, 0.3) is 0 Å². The molecule has 3 aliphatic rings. The second kappa shape index (κ2) is 9.29. The average molecular weight is 562 g/mol. The summed E-state index contributed by atoms with van der Waals surface area (Å²) < 4.78 is 39.8. The molecule has 0 aromatic heterocycles. The number of carbonyl (C=O) groups is 4. The van der Waals surface area contributed by atoms with Crippen molar-refractivity contribution in [3.05, 3.63) is 101 Å². The number of benzene rings is 3. The lowest BCUT2D eigenvalue weighted by Gasteiger charge is -2.35. The van der Waals surface area contributed by atoms with Crippen LogP contribution in [0.2, 0.25) is 0 Å². The van der Waals surface area contributed by atoms with Crippen LogP contribution in [0.4, 0.5) is 23.7 Å². The van der Waals surface area contributed by atoms with Crippen LogP contribution >= 0.6 is 0 Å². The minimum atomic E-state index is -4.60. The minimum Gasteiger partial charge on any atom is -0.300 e. The van der Waals surface area contributed by atoms with Crippen molar-refractivity contribution < 1.29 is 32.3 Å². The number of halogens is 3. The highest BCUT2D eigenvalue weighted by Gasteiger charge is 2.77. The van der Waals surface area contributed by atoms with Crippen molar-refractivity contribution in [1.82, 2.24) is 9.80 Å². The Labute approximate surface area is 234 Å². The first-order valence-electron chi connectivity index (χ1n) is 13.3. The molecular formula is C31H26F3N3O4. The van der Waals surface area contributed by atoms with Crippen LogP contribution in [0.15, 0.2) is 78.9 Å². The third kappa shape index (κ3) is 3.80.